The maximum Gasteiger partial charge on any atom is 0.313 e. The monoisotopic (exact) mass is 254 g/mol. The zero-order valence-corrected chi connectivity index (χ0v) is 10.1. The van der Waals surface area contributed by atoms with Gasteiger partial charge in [-0.3, -0.25) is 9.59 Å². The summed E-state index contributed by atoms with van der Waals surface area (Å²) in [4.78, 5) is 23.1. The summed E-state index contributed by atoms with van der Waals surface area (Å²) in [6.45, 7) is 3.42. The molecule has 18 heavy (non-hydrogen) atoms. The van der Waals surface area contributed by atoms with Gasteiger partial charge >= 0.3 is 5.97 Å². The number of aliphatic carboxylic acids is 1. The predicted molar refractivity (Wildman–Crippen MR) is 59.1 cm³/mol. The summed E-state index contributed by atoms with van der Waals surface area (Å²) in [6.07, 6.45) is 1.30. The molecule has 1 aliphatic heterocycles. The fourth-order valence-corrected chi connectivity index (χ4v) is 1.84. The van der Waals surface area contributed by atoms with Crippen LogP contribution in [0.1, 0.15) is 23.0 Å². The molecule has 98 valence electrons. The van der Waals surface area contributed by atoms with Gasteiger partial charge in [0.2, 0.25) is 0 Å². The molecule has 0 aromatic carbocycles. The molecule has 0 radical (unpaired) electrons. The molecule has 1 aromatic rings. The van der Waals surface area contributed by atoms with Crippen molar-refractivity contribution in [2.24, 2.45) is 5.41 Å². The summed E-state index contributed by atoms with van der Waals surface area (Å²) in [5.74, 6) is -1.01. The lowest BCUT2D eigenvalue weighted by molar-refractivity contribution is -0.148. The third-order valence-corrected chi connectivity index (χ3v) is 3.24. The number of carboxylic acid groups (broad SMARTS) is 1. The molecule has 0 spiro atoms. The Labute approximate surface area is 103 Å². The molecule has 0 bridgehead atoms. The number of hydrogen-bond donors (Lipinski definition) is 2. The minimum Gasteiger partial charge on any atom is -0.481 e. The van der Waals surface area contributed by atoms with Gasteiger partial charge < -0.3 is 19.7 Å². The third kappa shape index (κ3) is 1.97. The van der Waals surface area contributed by atoms with Crippen molar-refractivity contribution in [1.29, 1.82) is 0 Å². The number of aromatic nitrogens is 1. The summed E-state index contributed by atoms with van der Waals surface area (Å²) >= 11 is 0. The van der Waals surface area contributed by atoms with Crippen LogP contribution in [0.2, 0.25) is 0 Å². The summed E-state index contributed by atoms with van der Waals surface area (Å²) in [5.41, 5.74) is -0.810. The van der Waals surface area contributed by atoms with Gasteiger partial charge in [0.25, 0.3) is 5.91 Å². The molecule has 7 nitrogen and oxygen atoms in total. The molecule has 1 saturated heterocycles. The van der Waals surface area contributed by atoms with E-state index < -0.39 is 23.3 Å². The number of carbonyl (C=O) groups is 2. The smallest absolute Gasteiger partial charge is 0.313 e. The van der Waals surface area contributed by atoms with Crippen LogP contribution >= 0.6 is 0 Å². The zero-order chi connectivity index (χ0) is 13.3. The summed E-state index contributed by atoms with van der Waals surface area (Å²) in [6, 6.07) is -0.572. The number of nitrogens with one attached hydrogen (secondary N) is 1. The molecule has 7 heteroatoms. The number of amides is 1. The van der Waals surface area contributed by atoms with Crippen molar-refractivity contribution in [2.75, 3.05) is 13.2 Å². The molecule has 1 aliphatic rings. The van der Waals surface area contributed by atoms with Crippen LogP contribution in [-0.2, 0) is 9.53 Å². The Morgan fingerprint density at radius 3 is 2.89 bits per heavy atom. The first-order chi connectivity index (χ1) is 8.45. The van der Waals surface area contributed by atoms with E-state index in [0.29, 0.717) is 11.3 Å². The first-order valence-corrected chi connectivity index (χ1v) is 5.48. The molecule has 1 fully saturated rings. The lowest BCUT2D eigenvalue weighted by Gasteiger charge is -2.25. The van der Waals surface area contributed by atoms with Gasteiger partial charge in [0.05, 0.1) is 25.5 Å². The third-order valence-electron chi connectivity index (χ3n) is 3.24. The topological polar surface area (TPSA) is 102 Å². The van der Waals surface area contributed by atoms with Crippen molar-refractivity contribution in [1.82, 2.24) is 10.5 Å². The minimum absolute atomic E-state index is 0.0793. The van der Waals surface area contributed by atoms with Crippen LogP contribution < -0.4 is 5.32 Å². The fourth-order valence-electron chi connectivity index (χ4n) is 1.84. The summed E-state index contributed by atoms with van der Waals surface area (Å²) in [7, 11) is 0. The van der Waals surface area contributed by atoms with E-state index in [2.05, 4.69) is 10.5 Å². The molecule has 2 atom stereocenters. The standard InChI is InChI=1S/C11H14N2O5/c1-6-7(3-12-18-6)9(14)13-8-4-17-5-11(8,2)10(15)16/h3,8H,4-5H2,1-2H3,(H,13,14)(H,15,16). The summed E-state index contributed by atoms with van der Waals surface area (Å²) in [5, 5.41) is 15.3. The van der Waals surface area contributed by atoms with E-state index in [1.165, 1.54) is 6.20 Å². The average molecular weight is 254 g/mol. The number of ether oxygens (including phenoxy) is 1. The van der Waals surface area contributed by atoms with Crippen molar-refractivity contribution in [3.63, 3.8) is 0 Å². The van der Waals surface area contributed by atoms with Crippen molar-refractivity contribution in [3.8, 4) is 0 Å². The molecule has 2 heterocycles. The SMILES string of the molecule is Cc1oncc1C(=O)NC1COCC1(C)C(=O)O. The highest BCUT2D eigenvalue weighted by Crippen LogP contribution is 2.29. The molecule has 0 aliphatic carbocycles. The Morgan fingerprint density at radius 1 is 1.61 bits per heavy atom. The van der Waals surface area contributed by atoms with Gasteiger partial charge in [0.15, 0.2) is 0 Å². The maximum atomic E-state index is 11.9. The van der Waals surface area contributed by atoms with E-state index in [1.807, 2.05) is 0 Å². The molecule has 1 amide bonds. The Kier molecular flexibility index (Phi) is 3.08. The van der Waals surface area contributed by atoms with Gasteiger partial charge in [-0.1, -0.05) is 5.16 Å². The van der Waals surface area contributed by atoms with Crippen LogP contribution in [-0.4, -0.2) is 41.4 Å². The van der Waals surface area contributed by atoms with Crippen LogP contribution in [0.5, 0.6) is 0 Å². The van der Waals surface area contributed by atoms with E-state index in [9.17, 15) is 14.7 Å². The van der Waals surface area contributed by atoms with Gasteiger partial charge in [-0.15, -0.1) is 0 Å². The Morgan fingerprint density at radius 2 is 2.33 bits per heavy atom. The highest BCUT2D eigenvalue weighted by atomic mass is 16.5. The van der Waals surface area contributed by atoms with Gasteiger partial charge in [0, 0.05) is 0 Å². The molecule has 2 N–H and O–H groups in total. The minimum atomic E-state index is -1.11. The molecular weight excluding hydrogens is 240 g/mol. The van der Waals surface area contributed by atoms with Crippen LogP contribution in [0.4, 0.5) is 0 Å². The quantitative estimate of drug-likeness (QED) is 0.799. The van der Waals surface area contributed by atoms with Crippen LogP contribution in [0, 0.1) is 12.3 Å². The number of rotatable bonds is 3. The van der Waals surface area contributed by atoms with Crippen LogP contribution in [0.3, 0.4) is 0 Å². The van der Waals surface area contributed by atoms with Gasteiger partial charge in [-0.25, -0.2) is 0 Å². The van der Waals surface area contributed by atoms with Gasteiger partial charge in [-0.2, -0.15) is 0 Å². The highest BCUT2D eigenvalue weighted by Gasteiger charge is 2.47. The molecule has 1 aromatic heterocycles. The second-order valence-corrected chi connectivity index (χ2v) is 4.56. The Hall–Kier alpha value is -1.89. The van der Waals surface area contributed by atoms with Crippen molar-refractivity contribution in [3.05, 3.63) is 17.5 Å². The van der Waals surface area contributed by atoms with Gasteiger partial charge in [-0.05, 0) is 13.8 Å². The Bertz CT molecular complexity index is 484. The van der Waals surface area contributed by atoms with Crippen molar-refractivity contribution >= 4 is 11.9 Å². The summed E-state index contributed by atoms with van der Waals surface area (Å²) < 4.78 is 9.94. The van der Waals surface area contributed by atoms with Crippen molar-refractivity contribution < 1.29 is 24.0 Å². The number of hydrogen-bond acceptors (Lipinski definition) is 5. The first kappa shape index (κ1) is 12.6. The molecule has 2 rings (SSSR count). The maximum absolute atomic E-state index is 11.9. The fraction of sp³-hybridized carbons (Fsp3) is 0.545. The second-order valence-electron chi connectivity index (χ2n) is 4.56. The van der Waals surface area contributed by atoms with Crippen LogP contribution in [0.25, 0.3) is 0 Å². The van der Waals surface area contributed by atoms with E-state index in [1.54, 1.807) is 13.8 Å². The predicted octanol–water partition coefficient (Wildman–Crippen LogP) is 0.203. The molecule has 2 unspecified atom stereocenters. The normalized spacial score (nSPS) is 27.1. The molecule has 0 saturated carbocycles. The number of carboxylic acids is 1. The van der Waals surface area contributed by atoms with E-state index in [0.717, 1.165) is 0 Å². The first-order valence-electron chi connectivity index (χ1n) is 5.48. The number of nitrogens with zero attached hydrogens (tertiary/aromatic N) is 1. The zero-order valence-electron chi connectivity index (χ0n) is 10.1. The lowest BCUT2D eigenvalue weighted by atomic mass is 9.85. The van der Waals surface area contributed by atoms with Gasteiger partial charge in [0.1, 0.15) is 16.7 Å². The van der Waals surface area contributed by atoms with E-state index >= 15 is 0 Å². The van der Waals surface area contributed by atoms with Crippen LogP contribution in [0.15, 0.2) is 10.7 Å². The highest BCUT2D eigenvalue weighted by molar-refractivity contribution is 5.95. The number of carbonyl (C=O) groups excluding carboxylic acids is 1. The Balaban J connectivity index is 2.13. The van der Waals surface area contributed by atoms with E-state index in [-0.39, 0.29) is 13.2 Å². The number of aryl methyl sites for hydroxylation is 1. The lowest BCUT2D eigenvalue weighted by Crippen LogP contribution is -2.49. The second kappa shape index (κ2) is 4.41. The average Bonchev–Trinajstić information content (AvgIpc) is 2.87. The molecular formula is C11H14N2O5. The van der Waals surface area contributed by atoms with Crippen molar-refractivity contribution in [2.45, 2.75) is 19.9 Å². The van der Waals surface area contributed by atoms with E-state index in [4.69, 9.17) is 9.26 Å². The largest absolute Gasteiger partial charge is 0.481 e.